The van der Waals surface area contributed by atoms with E-state index in [0.717, 1.165) is 11.0 Å². The molecule has 110 valence electrons. The molecule has 0 amide bonds. The standard InChI is InChI=1S/C19H22BrN/c1-19(17-7-9-18(20)10-8-17)11-13-21(14-12-19)15-16-5-3-2-4-6-16/h2-10H,11-15H2,1H3. The van der Waals surface area contributed by atoms with Crippen LogP contribution in [0, 0.1) is 0 Å². The van der Waals surface area contributed by atoms with Gasteiger partial charge < -0.3 is 0 Å². The lowest BCUT2D eigenvalue weighted by atomic mass is 9.74. The van der Waals surface area contributed by atoms with Gasteiger partial charge in [0.15, 0.2) is 0 Å². The number of rotatable bonds is 3. The molecule has 0 atom stereocenters. The number of likely N-dealkylation sites (tertiary alicyclic amines) is 1. The van der Waals surface area contributed by atoms with Gasteiger partial charge in [-0.2, -0.15) is 0 Å². The minimum Gasteiger partial charge on any atom is -0.299 e. The Bertz CT molecular complexity index is 568. The summed E-state index contributed by atoms with van der Waals surface area (Å²) in [5, 5.41) is 0. The normalized spacial score (nSPS) is 18.6. The van der Waals surface area contributed by atoms with E-state index < -0.39 is 0 Å². The number of nitrogens with zero attached hydrogens (tertiary/aromatic N) is 1. The average Bonchev–Trinajstić information content (AvgIpc) is 2.51. The van der Waals surface area contributed by atoms with E-state index in [1.807, 2.05) is 0 Å². The third kappa shape index (κ3) is 3.56. The Labute approximate surface area is 136 Å². The van der Waals surface area contributed by atoms with E-state index >= 15 is 0 Å². The molecular weight excluding hydrogens is 322 g/mol. The number of hydrogen-bond donors (Lipinski definition) is 0. The van der Waals surface area contributed by atoms with Gasteiger partial charge in [0.05, 0.1) is 0 Å². The van der Waals surface area contributed by atoms with Crippen LogP contribution in [0.2, 0.25) is 0 Å². The first-order valence-electron chi connectivity index (χ1n) is 7.68. The van der Waals surface area contributed by atoms with Gasteiger partial charge in [-0.3, -0.25) is 4.90 Å². The molecule has 0 radical (unpaired) electrons. The molecule has 1 aliphatic rings. The van der Waals surface area contributed by atoms with Gasteiger partial charge in [0, 0.05) is 11.0 Å². The van der Waals surface area contributed by atoms with E-state index in [0.29, 0.717) is 5.41 Å². The monoisotopic (exact) mass is 343 g/mol. The quantitative estimate of drug-likeness (QED) is 0.757. The van der Waals surface area contributed by atoms with E-state index in [2.05, 4.69) is 82.4 Å². The zero-order valence-corrected chi connectivity index (χ0v) is 14.1. The maximum absolute atomic E-state index is 3.53. The second-order valence-electron chi connectivity index (χ2n) is 6.33. The van der Waals surface area contributed by atoms with E-state index in [1.165, 1.54) is 37.1 Å². The van der Waals surface area contributed by atoms with Crippen molar-refractivity contribution in [1.29, 1.82) is 0 Å². The lowest BCUT2D eigenvalue weighted by Crippen LogP contribution is -2.40. The Morgan fingerprint density at radius 2 is 1.57 bits per heavy atom. The molecule has 0 unspecified atom stereocenters. The van der Waals surface area contributed by atoms with Crippen LogP contribution in [0.5, 0.6) is 0 Å². The molecule has 0 aliphatic carbocycles. The van der Waals surface area contributed by atoms with Crippen LogP contribution in [0.25, 0.3) is 0 Å². The zero-order valence-electron chi connectivity index (χ0n) is 12.6. The molecule has 3 rings (SSSR count). The molecule has 2 aromatic rings. The lowest BCUT2D eigenvalue weighted by molar-refractivity contribution is 0.162. The minimum atomic E-state index is 0.327. The summed E-state index contributed by atoms with van der Waals surface area (Å²) >= 11 is 3.53. The number of halogens is 1. The zero-order chi connectivity index (χ0) is 14.7. The predicted molar refractivity (Wildman–Crippen MR) is 92.4 cm³/mol. The van der Waals surface area contributed by atoms with Crippen molar-refractivity contribution in [2.24, 2.45) is 0 Å². The molecule has 21 heavy (non-hydrogen) atoms. The highest BCUT2D eigenvalue weighted by Crippen LogP contribution is 2.35. The number of piperidine rings is 1. The van der Waals surface area contributed by atoms with Crippen LogP contribution in [-0.2, 0) is 12.0 Å². The maximum atomic E-state index is 3.53. The van der Waals surface area contributed by atoms with E-state index in [1.54, 1.807) is 0 Å². The molecule has 0 aromatic heterocycles. The Morgan fingerprint density at radius 3 is 2.19 bits per heavy atom. The largest absolute Gasteiger partial charge is 0.299 e. The summed E-state index contributed by atoms with van der Waals surface area (Å²) in [5.41, 5.74) is 3.23. The van der Waals surface area contributed by atoms with Gasteiger partial charge in [0.1, 0.15) is 0 Å². The smallest absolute Gasteiger partial charge is 0.0233 e. The van der Waals surface area contributed by atoms with Crippen molar-refractivity contribution in [2.45, 2.75) is 31.7 Å². The molecule has 1 fully saturated rings. The number of hydrogen-bond acceptors (Lipinski definition) is 1. The molecule has 1 saturated heterocycles. The van der Waals surface area contributed by atoms with Crippen molar-refractivity contribution in [3.8, 4) is 0 Å². The van der Waals surface area contributed by atoms with E-state index in [9.17, 15) is 0 Å². The highest BCUT2D eigenvalue weighted by atomic mass is 79.9. The van der Waals surface area contributed by atoms with E-state index in [-0.39, 0.29) is 0 Å². The Morgan fingerprint density at radius 1 is 0.952 bits per heavy atom. The molecule has 1 nitrogen and oxygen atoms in total. The third-order valence-electron chi connectivity index (χ3n) is 4.75. The van der Waals surface area contributed by atoms with Gasteiger partial charge in [0.25, 0.3) is 0 Å². The van der Waals surface area contributed by atoms with Crippen LogP contribution in [0.15, 0.2) is 59.1 Å². The highest BCUT2D eigenvalue weighted by molar-refractivity contribution is 9.10. The maximum Gasteiger partial charge on any atom is 0.0233 e. The van der Waals surface area contributed by atoms with Crippen LogP contribution in [0.3, 0.4) is 0 Å². The second-order valence-corrected chi connectivity index (χ2v) is 7.24. The van der Waals surface area contributed by atoms with Crippen LogP contribution < -0.4 is 0 Å². The topological polar surface area (TPSA) is 3.24 Å². The number of benzene rings is 2. The predicted octanol–water partition coefficient (Wildman–Crippen LogP) is 5.00. The van der Waals surface area contributed by atoms with Crippen molar-refractivity contribution in [3.63, 3.8) is 0 Å². The summed E-state index contributed by atoms with van der Waals surface area (Å²) in [4.78, 5) is 2.58. The van der Waals surface area contributed by atoms with Crippen LogP contribution in [0.4, 0.5) is 0 Å². The molecule has 0 N–H and O–H groups in total. The fourth-order valence-corrected chi connectivity index (χ4v) is 3.45. The van der Waals surface area contributed by atoms with E-state index in [4.69, 9.17) is 0 Å². The summed E-state index contributed by atoms with van der Waals surface area (Å²) < 4.78 is 1.16. The molecule has 2 aromatic carbocycles. The van der Waals surface area contributed by atoms with Crippen molar-refractivity contribution >= 4 is 15.9 Å². The van der Waals surface area contributed by atoms with Gasteiger partial charge >= 0.3 is 0 Å². The first kappa shape index (κ1) is 14.8. The molecule has 1 heterocycles. The van der Waals surface area contributed by atoms with Crippen LogP contribution >= 0.6 is 15.9 Å². The first-order chi connectivity index (χ1) is 10.2. The highest BCUT2D eigenvalue weighted by Gasteiger charge is 2.31. The minimum absolute atomic E-state index is 0.327. The average molecular weight is 344 g/mol. The van der Waals surface area contributed by atoms with Crippen molar-refractivity contribution < 1.29 is 0 Å². The summed E-state index contributed by atoms with van der Waals surface area (Å²) in [5.74, 6) is 0. The van der Waals surface area contributed by atoms with Gasteiger partial charge in [-0.05, 0) is 54.6 Å². The van der Waals surface area contributed by atoms with Gasteiger partial charge in [0.2, 0.25) is 0 Å². The fourth-order valence-electron chi connectivity index (χ4n) is 3.19. The molecule has 1 aliphatic heterocycles. The molecule has 0 spiro atoms. The summed E-state index contributed by atoms with van der Waals surface area (Å²) in [7, 11) is 0. The fraction of sp³-hybridized carbons (Fsp3) is 0.368. The van der Waals surface area contributed by atoms with Crippen molar-refractivity contribution in [2.75, 3.05) is 13.1 Å². The Kier molecular flexibility index (Phi) is 4.46. The van der Waals surface area contributed by atoms with Crippen molar-refractivity contribution in [3.05, 3.63) is 70.2 Å². The summed E-state index contributed by atoms with van der Waals surface area (Å²) in [6.07, 6.45) is 2.48. The molecule has 2 heteroatoms. The van der Waals surface area contributed by atoms with Gasteiger partial charge in [-0.25, -0.2) is 0 Å². The summed E-state index contributed by atoms with van der Waals surface area (Å²) in [6.45, 7) is 5.86. The van der Waals surface area contributed by atoms with Gasteiger partial charge in [-0.1, -0.05) is 65.3 Å². The van der Waals surface area contributed by atoms with Crippen molar-refractivity contribution in [1.82, 2.24) is 4.90 Å². The van der Waals surface area contributed by atoms with Crippen LogP contribution in [-0.4, -0.2) is 18.0 Å². The second kappa shape index (κ2) is 6.33. The van der Waals surface area contributed by atoms with Gasteiger partial charge in [-0.15, -0.1) is 0 Å². The molecule has 0 bridgehead atoms. The SMILES string of the molecule is CC1(c2ccc(Br)cc2)CCN(Cc2ccccc2)CC1. The molecular formula is C19H22BrN. The lowest BCUT2D eigenvalue weighted by Gasteiger charge is -2.40. The Hall–Kier alpha value is -1.12. The Balaban J connectivity index is 1.63. The molecule has 0 saturated carbocycles. The van der Waals surface area contributed by atoms with Crippen LogP contribution in [0.1, 0.15) is 30.9 Å². The summed E-state index contributed by atoms with van der Waals surface area (Å²) in [6, 6.07) is 19.7. The third-order valence-corrected chi connectivity index (χ3v) is 5.28. The first-order valence-corrected chi connectivity index (χ1v) is 8.47.